The van der Waals surface area contributed by atoms with Crippen molar-refractivity contribution in [3.63, 3.8) is 0 Å². The molecule has 6 heteroatoms. The van der Waals surface area contributed by atoms with Crippen molar-refractivity contribution >= 4 is 5.91 Å². The van der Waals surface area contributed by atoms with Crippen LogP contribution in [-0.4, -0.2) is 12.3 Å². The molecule has 0 spiro atoms. The number of ether oxygens (including phenoxy) is 1. The first-order valence-electron chi connectivity index (χ1n) is 5.61. The number of hydrogen-bond acceptors (Lipinski definition) is 2. The number of rotatable bonds is 3. The van der Waals surface area contributed by atoms with Crippen LogP contribution in [0.5, 0.6) is 5.75 Å². The third-order valence-electron chi connectivity index (χ3n) is 2.59. The number of carbonyl (C=O) groups excluding carboxylic acids is 1. The average molecular weight is 281 g/mol. The predicted octanol–water partition coefficient (Wildman–Crippen LogP) is 3.35. The second kappa shape index (κ2) is 5.24. The van der Waals surface area contributed by atoms with Crippen molar-refractivity contribution in [2.45, 2.75) is 6.36 Å². The number of alkyl halides is 3. The zero-order valence-corrected chi connectivity index (χ0v) is 10.1. The molecule has 0 aliphatic heterocycles. The van der Waals surface area contributed by atoms with E-state index in [1.54, 1.807) is 24.3 Å². The van der Waals surface area contributed by atoms with Crippen LogP contribution in [0.25, 0.3) is 11.1 Å². The summed E-state index contributed by atoms with van der Waals surface area (Å²) in [5, 5.41) is 0. The minimum absolute atomic E-state index is 0.282. The standard InChI is InChI=1S/C14H10F3NO2/c15-14(16,17)20-12-7-5-10(6-8-12)9-1-3-11(4-2-9)13(18)19/h1-8H,(H2,18,19). The molecule has 0 bridgehead atoms. The number of primary amides is 1. The Hall–Kier alpha value is -2.50. The number of amides is 1. The van der Waals surface area contributed by atoms with E-state index in [4.69, 9.17) is 5.73 Å². The Morgan fingerprint density at radius 1 is 0.900 bits per heavy atom. The van der Waals surface area contributed by atoms with Crippen LogP contribution in [-0.2, 0) is 0 Å². The van der Waals surface area contributed by atoms with Gasteiger partial charge in [0.15, 0.2) is 0 Å². The quantitative estimate of drug-likeness (QED) is 0.938. The van der Waals surface area contributed by atoms with E-state index in [9.17, 15) is 18.0 Å². The van der Waals surface area contributed by atoms with Crippen molar-refractivity contribution in [2.75, 3.05) is 0 Å². The highest BCUT2D eigenvalue weighted by atomic mass is 19.4. The van der Waals surface area contributed by atoms with Gasteiger partial charge in [-0.05, 0) is 35.4 Å². The first-order valence-corrected chi connectivity index (χ1v) is 5.61. The fourth-order valence-electron chi connectivity index (χ4n) is 1.68. The Morgan fingerprint density at radius 2 is 1.35 bits per heavy atom. The SMILES string of the molecule is NC(=O)c1ccc(-c2ccc(OC(F)(F)F)cc2)cc1. The summed E-state index contributed by atoms with van der Waals surface area (Å²) < 4.78 is 39.8. The van der Waals surface area contributed by atoms with Gasteiger partial charge in [0.25, 0.3) is 0 Å². The lowest BCUT2D eigenvalue weighted by Crippen LogP contribution is -2.16. The van der Waals surface area contributed by atoms with Gasteiger partial charge in [-0.3, -0.25) is 4.79 Å². The van der Waals surface area contributed by atoms with Gasteiger partial charge in [0.05, 0.1) is 0 Å². The molecule has 0 radical (unpaired) electrons. The highest BCUT2D eigenvalue weighted by molar-refractivity contribution is 5.93. The molecule has 0 aromatic heterocycles. The van der Waals surface area contributed by atoms with E-state index in [1.165, 1.54) is 24.3 Å². The molecule has 3 nitrogen and oxygen atoms in total. The highest BCUT2D eigenvalue weighted by Crippen LogP contribution is 2.26. The maximum Gasteiger partial charge on any atom is 0.573 e. The fourth-order valence-corrected chi connectivity index (χ4v) is 1.68. The molecule has 0 aliphatic carbocycles. The zero-order valence-electron chi connectivity index (χ0n) is 10.1. The second-order valence-electron chi connectivity index (χ2n) is 4.01. The number of halogens is 3. The van der Waals surface area contributed by atoms with Crippen molar-refractivity contribution < 1.29 is 22.7 Å². The maximum absolute atomic E-state index is 12.0. The number of carbonyl (C=O) groups is 1. The lowest BCUT2D eigenvalue weighted by molar-refractivity contribution is -0.274. The fraction of sp³-hybridized carbons (Fsp3) is 0.0714. The average Bonchev–Trinajstić information content (AvgIpc) is 2.38. The molecule has 0 unspecified atom stereocenters. The first-order chi connectivity index (χ1) is 9.35. The number of benzene rings is 2. The molecule has 1 amide bonds. The Labute approximate surface area is 112 Å². The van der Waals surface area contributed by atoms with Gasteiger partial charge in [0.2, 0.25) is 5.91 Å². The number of hydrogen-bond donors (Lipinski definition) is 1. The molecule has 20 heavy (non-hydrogen) atoms. The minimum atomic E-state index is -4.70. The molecule has 104 valence electrons. The summed E-state index contributed by atoms with van der Waals surface area (Å²) in [4.78, 5) is 10.9. The monoisotopic (exact) mass is 281 g/mol. The van der Waals surface area contributed by atoms with Gasteiger partial charge in [-0.1, -0.05) is 24.3 Å². The Bertz CT molecular complexity index is 604. The van der Waals surface area contributed by atoms with Crippen LogP contribution >= 0.6 is 0 Å². The molecule has 0 atom stereocenters. The third kappa shape index (κ3) is 3.50. The molecule has 0 saturated carbocycles. The minimum Gasteiger partial charge on any atom is -0.406 e. The molecule has 2 aromatic carbocycles. The molecular weight excluding hydrogens is 271 g/mol. The lowest BCUT2D eigenvalue weighted by Gasteiger charge is -2.09. The lowest BCUT2D eigenvalue weighted by atomic mass is 10.0. The van der Waals surface area contributed by atoms with E-state index in [0.29, 0.717) is 11.1 Å². The Kier molecular flexibility index (Phi) is 3.65. The van der Waals surface area contributed by atoms with Crippen LogP contribution in [0, 0.1) is 0 Å². The van der Waals surface area contributed by atoms with Crippen molar-refractivity contribution in [2.24, 2.45) is 5.73 Å². The summed E-state index contributed by atoms with van der Waals surface area (Å²) in [6.07, 6.45) is -4.70. The van der Waals surface area contributed by atoms with Crippen LogP contribution in [0.4, 0.5) is 13.2 Å². The van der Waals surface area contributed by atoms with Gasteiger partial charge >= 0.3 is 6.36 Å². The van der Waals surface area contributed by atoms with Crippen LogP contribution in [0.3, 0.4) is 0 Å². The molecule has 2 N–H and O–H groups in total. The summed E-state index contributed by atoms with van der Waals surface area (Å²) in [6.45, 7) is 0. The summed E-state index contributed by atoms with van der Waals surface area (Å²) in [7, 11) is 0. The van der Waals surface area contributed by atoms with Crippen LogP contribution in [0.15, 0.2) is 48.5 Å². The van der Waals surface area contributed by atoms with Crippen molar-refractivity contribution in [1.82, 2.24) is 0 Å². The molecule has 2 rings (SSSR count). The first kappa shape index (κ1) is 13.9. The van der Waals surface area contributed by atoms with E-state index in [2.05, 4.69) is 4.74 Å². The van der Waals surface area contributed by atoms with E-state index in [1.807, 2.05) is 0 Å². The van der Waals surface area contributed by atoms with Crippen molar-refractivity contribution in [3.05, 3.63) is 54.1 Å². The predicted molar refractivity (Wildman–Crippen MR) is 67.1 cm³/mol. The molecule has 0 fully saturated rings. The highest BCUT2D eigenvalue weighted by Gasteiger charge is 2.30. The Balaban J connectivity index is 2.19. The molecular formula is C14H10F3NO2. The van der Waals surface area contributed by atoms with E-state index in [0.717, 1.165) is 5.56 Å². The summed E-state index contributed by atoms with van der Waals surface area (Å²) in [5.41, 5.74) is 6.95. The van der Waals surface area contributed by atoms with E-state index >= 15 is 0 Å². The smallest absolute Gasteiger partial charge is 0.406 e. The normalized spacial score (nSPS) is 11.2. The molecule has 0 saturated heterocycles. The molecule has 0 aliphatic rings. The molecule has 2 aromatic rings. The van der Waals surface area contributed by atoms with Gasteiger partial charge in [-0.25, -0.2) is 0 Å². The van der Waals surface area contributed by atoms with Gasteiger partial charge in [-0.2, -0.15) is 0 Å². The zero-order chi connectivity index (χ0) is 14.8. The van der Waals surface area contributed by atoms with Gasteiger partial charge in [-0.15, -0.1) is 13.2 Å². The van der Waals surface area contributed by atoms with Crippen LogP contribution < -0.4 is 10.5 Å². The summed E-state index contributed by atoms with van der Waals surface area (Å²) in [5.74, 6) is -0.819. The third-order valence-corrected chi connectivity index (χ3v) is 2.59. The number of nitrogens with two attached hydrogens (primary N) is 1. The van der Waals surface area contributed by atoms with Gasteiger partial charge in [0.1, 0.15) is 5.75 Å². The van der Waals surface area contributed by atoms with Gasteiger partial charge < -0.3 is 10.5 Å². The topological polar surface area (TPSA) is 52.3 Å². The summed E-state index contributed by atoms with van der Waals surface area (Å²) in [6, 6.07) is 11.9. The van der Waals surface area contributed by atoms with Crippen molar-refractivity contribution in [3.8, 4) is 16.9 Å². The maximum atomic E-state index is 12.0. The van der Waals surface area contributed by atoms with Crippen molar-refractivity contribution in [1.29, 1.82) is 0 Å². The summed E-state index contributed by atoms with van der Waals surface area (Å²) >= 11 is 0. The largest absolute Gasteiger partial charge is 0.573 e. The van der Waals surface area contributed by atoms with Gasteiger partial charge in [0, 0.05) is 5.56 Å². The van der Waals surface area contributed by atoms with E-state index in [-0.39, 0.29) is 5.75 Å². The Morgan fingerprint density at radius 3 is 1.75 bits per heavy atom. The van der Waals surface area contributed by atoms with Crippen LogP contribution in [0.2, 0.25) is 0 Å². The molecule has 0 heterocycles. The second-order valence-corrected chi connectivity index (χ2v) is 4.01. The van der Waals surface area contributed by atoms with Crippen LogP contribution in [0.1, 0.15) is 10.4 Å². The van der Waals surface area contributed by atoms with E-state index < -0.39 is 12.3 Å².